The summed E-state index contributed by atoms with van der Waals surface area (Å²) in [5.41, 5.74) is -1.43. The minimum Gasteiger partial charge on any atom is -0.489 e. The topological polar surface area (TPSA) is 21.3 Å². The fourth-order valence-corrected chi connectivity index (χ4v) is 1.52. The Morgan fingerprint density at radius 1 is 1.20 bits per heavy atom. The van der Waals surface area contributed by atoms with Gasteiger partial charge in [-0.05, 0) is 45.9 Å². The lowest BCUT2D eigenvalue weighted by Gasteiger charge is -2.24. The van der Waals surface area contributed by atoms with Crippen molar-refractivity contribution in [1.82, 2.24) is 5.32 Å². The summed E-state index contributed by atoms with van der Waals surface area (Å²) in [5, 5.41) is 3.18. The zero-order valence-corrected chi connectivity index (χ0v) is 11.9. The van der Waals surface area contributed by atoms with E-state index in [2.05, 4.69) is 5.32 Å². The summed E-state index contributed by atoms with van der Waals surface area (Å²) in [6, 6.07) is 2.64. The smallest absolute Gasteiger partial charge is 0.419 e. The average Bonchev–Trinajstić information content (AvgIpc) is 2.27. The maximum absolute atomic E-state index is 13.1. The summed E-state index contributed by atoms with van der Waals surface area (Å²) in [6.07, 6.45) is -5.06. The average molecular weight is 293 g/mol. The van der Waals surface area contributed by atoms with Gasteiger partial charge in [0.1, 0.15) is 17.7 Å². The zero-order valence-electron chi connectivity index (χ0n) is 11.9. The zero-order chi connectivity index (χ0) is 15.6. The Labute approximate surface area is 116 Å². The molecule has 6 heteroatoms. The molecule has 0 aliphatic heterocycles. The van der Waals surface area contributed by atoms with Crippen molar-refractivity contribution in [2.75, 3.05) is 6.54 Å². The summed E-state index contributed by atoms with van der Waals surface area (Å²) in [6.45, 7) is 8.12. The number of hydrogen-bond acceptors (Lipinski definition) is 2. The number of benzene rings is 1. The quantitative estimate of drug-likeness (QED) is 0.847. The van der Waals surface area contributed by atoms with E-state index in [0.29, 0.717) is 12.6 Å². The highest BCUT2D eigenvalue weighted by atomic mass is 19.4. The largest absolute Gasteiger partial charge is 0.489 e. The normalized spacial score (nSPS) is 14.2. The van der Waals surface area contributed by atoms with Gasteiger partial charge in [-0.15, -0.1) is 0 Å². The van der Waals surface area contributed by atoms with E-state index in [0.717, 1.165) is 6.07 Å². The molecular formula is C14H19F4NO. The molecule has 0 saturated carbocycles. The summed E-state index contributed by atoms with van der Waals surface area (Å²) in [5.74, 6) is -1.30. The number of alkyl halides is 3. The minimum atomic E-state index is -4.73. The van der Waals surface area contributed by atoms with Crippen LogP contribution in [0.5, 0.6) is 5.75 Å². The first kappa shape index (κ1) is 16.8. The maximum atomic E-state index is 13.1. The van der Waals surface area contributed by atoms with E-state index in [9.17, 15) is 17.6 Å². The third-order valence-corrected chi connectivity index (χ3v) is 2.50. The van der Waals surface area contributed by atoms with Crippen molar-refractivity contribution in [1.29, 1.82) is 0 Å². The van der Waals surface area contributed by atoms with Crippen LogP contribution in [0.25, 0.3) is 0 Å². The molecule has 0 radical (unpaired) electrons. The highest BCUT2D eigenvalue weighted by molar-refractivity contribution is 5.31. The Bertz CT molecular complexity index is 451. The molecule has 0 saturated heterocycles. The molecule has 1 N–H and O–H groups in total. The van der Waals surface area contributed by atoms with Gasteiger partial charge in [0.15, 0.2) is 0 Å². The fourth-order valence-electron chi connectivity index (χ4n) is 1.52. The molecular weight excluding hydrogens is 274 g/mol. The molecule has 0 aliphatic carbocycles. The van der Waals surface area contributed by atoms with Gasteiger partial charge in [-0.1, -0.05) is 0 Å². The monoisotopic (exact) mass is 293 g/mol. The van der Waals surface area contributed by atoms with Crippen LogP contribution in [0.15, 0.2) is 18.2 Å². The molecule has 114 valence electrons. The molecule has 1 aromatic rings. The third-order valence-electron chi connectivity index (χ3n) is 2.50. The van der Waals surface area contributed by atoms with Crippen molar-refractivity contribution in [3.05, 3.63) is 29.6 Å². The molecule has 1 rings (SSSR count). The van der Waals surface area contributed by atoms with E-state index in [4.69, 9.17) is 4.74 Å². The lowest BCUT2D eigenvalue weighted by Crippen LogP contribution is -2.41. The second-order valence-corrected chi connectivity index (χ2v) is 5.70. The van der Waals surface area contributed by atoms with Gasteiger partial charge in [0.2, 0.25) is 0 Å². The molecule has 0 spiro atoms. The van der Waals surface area contributed by atoms with Gasteiger partial charge in [0, 0.05) is 12.1 Å². The Hall–Kier alpha value is -1.30. The van der Waals surface area contributed by atoms with E-state index in [1.165, 1.54) is 6.07 Å². The van der Waals surface area contributed by atoms with Gasteiger partial charge < -0.3 is 10.1 Å². The van der Waals surface area contributed by atoms with Gasteiger partial charge in [-0.2, -0.15) is 13.2 Å². The van der Waals surface area contributed by atoms with Crippen LogP contribution in [0.3, 0.4) is 0 Å². The molecule has 0 aromatic heterocycles. The van der Waals surface area contributed by atoms with Crippen LogP contribution in [-0.4, -0.2) is 18.2 Å². The summed E-state index contributed by atoms with van der Waals surface area (Å²) < 4.78 is 56.2. The van der Waals surface area contributed by atoms with Crippen molar-refractivity contribution in [3.63, 3.8) is 0 Å². The van der Waals surface area contributed by atoms with Crippen LogP contribution in [0.2, 0.25) is 0 Å². The molecule has 0 fully saturated rings. The Balaban J connectivity index is 2.74. The van der Waals surface area contributed by atoms with Crippen molar-refractivity contribution in [2.45, 2.75) is 45.5 Å². The van der Waals surface area contributed by atoms with Crippen LogP contribution in [0.1, 0.15) is 33.3 Å². The van der Waals surface area contributed by atoms with E-state index in [1.807, 2.05) is 20.8 Å². The molecule has 0 heterocycles. The van der Waals surface area contributed by atoms with Gasteiger partial charge in [-0.25, -0.2) is 4.39 Å². The van der Waals surface area contributed by atoms with Crippen LogP contribution in [-0.2, 0) is 6.18 Å². The second kappa shape index (κ2) is 5.99. The Morgan fingerprint density at radius 3 is 2.30 bits per heavy atom. The lowest BCUT2D eigenvalue weighted by atomic mass is 10.1. The molecule has 0 bridgehead atoms. The van der Waals surface area contributed by atoms with Crippen molar-refractivity contribution in [2.24, 2.45) is 0 Å². The molecule has 2 nitrogen and oxygen atoms in total. The van der Waals surface area contributed by atoms with Crippen LogP contribution >= 0.6 is 0 Å². The third kappa shape index (κ3) is 5.36. The summed E-state index contributed by atoms with van der Waals surface area (Å²) >= 11 is 0. The highest BCUT2D eigenvalue weighted by Crippen LogP contribution is 2.33. The molecule has 1 unspecified atom stereocenters. The van der Waals surface area contributed by atoms with E-state index in [1.54, 1.807) is 6.92 Å². The number of rotatable bonds is 4. The summed E-state index contributed by atoms with van der Waals surface area (Å²) in [4.78, 5) is 0. The van der Waals surface area contributed by atoms with Crippen LogP contribution in [0.4, 0.5) is 17.6 Å². The number of hydrogen-bond donors (Lipinski definition) is 1. The van der Waals surface area contributed by atoms with Crippen molar-refractivity contribution >= 4 is 0 Å². The maximum Gasteiger partial charge on any atom is 0.419 e. The van der Waals surface area contributed by atoms with Gasteiger partial charge in [0.05, 0.1) is 5.56 Å². The second-order valence-electron chi connectivity index (χ2n) is 5.70. The fraction of sp³-hybridized carbons (Fsp3) is 0.571. The molecule has 0 aliphatic rings. The molecule has 1 atom stereocenters. The first-order valence-electron chi connectivity index (χ1n) is 6.27. The standard InChI is InChI=1S/C14H19F4NO/c1-9(8-19-13(2,3)4)20-10-5-6-12(15)11(7-10)14(16,17)18/h5-7,9,19H,8H2,1-4H3. The molecule has 0 amide bonds. The van der Waals surface area contributed by atoms with Crippen LogP contribution < -0.4 is 10.1 Å². The first-order chi connectivity index (χ1) is 8.99. The number of nitrogens with one attached hydrogen (secondary N) is 1. The van der Waals surface area contributed by atoms with Gasteiger partial charge in [-0.3, -0.25) is 0 Å². The molecule has 1 aromatic carbocycles. The van der Waals surface area contributed by atoms with Crippen molar-refractivity contribution in [3.8, 4) is 5.75 Å². The van der Waals surface area contributed by atoms with E-state index < -0.39 is 17.6 Å². The van der Waals surface area contributed by atoms with Crippen LogP contribution in [0, 0.1) is 5.82 Å². The van der Waals surface area contributed by atoms with Gasteiger partial charge >= 0.3 is 6.18 Å². The predicted molar refractivity (Wildman–Crippen MR) is 69.2 cm³/mol. The predicted octanol–water partition coefficient (Wildman–Crippen LogP) is 4.00. The Kier molecular flexibility index (Phi) is 5.02. The van der Waals surface area contributed by atoms with E-state index >= 15 is 0 Å². The lowest BCUT2D eigenvalue weighted by molar-refractivity contribution is -0.140. The number of ether oxygens (including phenoxy) is 1. The summed E-state index contributed by atoms with van der Waals surface area (Å²) in [7, 11) is 0. The molecule has 20 heavy (non-hydrogen) atoms. The highest BCUT2D eigenvalue weighted by Gasteiger charge is 2.34. The van der Waals surface area contributed by atoms with E-state index in [-0.39, 0.29) is 17.4 Å². The number of halogens is 4. The van der Waals surface area contributed by atoms with Gasteiger partial charge in [0.25, 0.3) is 0 Å². The Morgan fingerprint density at radius 2 is 1.80 bits per heavy atom. The first-order valence-corrected chi connectivity index (χ1v) is 6.27. The SMILES string of the molecule is CC(CNC(C)(C)C)Oc1ccc(F)c(C(F)(F)F)c1. The minimum absolute atomic E-state index is 0.00179. The van der Waals surface area contributed by atoms with Crippen molar-refractivity contribution < 1.29 is 22.3 Å².